The zero-order valence-electron chi connectivity index (χ0n) is 12.7. The first-order chi connectivity index (χ1) is 10.1. The number of carbonyl (C=O) groups is 1. The molecule has 0 fully saturated rings. The molecule has 5 heteroatoms. The van der Waals surface area contributed by atoms with Gasteiger partial charge in [0.05, 0.1) is 13.7 Å². The van der Waals surface area contributed by atoms with Gasteiger partial charge >= 0.3 is 0 Å². The second-order valence-electron chi connectivity index (χ2n) is 4.44. The fraction of sp³-hybridized carbons (Fsp3) is 0.438. The summed E-state index contributed by atoms with van der Waals surface area (Å²) >= 11 is 0. The van der Waals surface area contributed by atoms with Crippen molar-refractivity contribution >= 4 is 5.91 Å². The molecule has 21 heavy (non-hydrogen) atoms. The fourth-order valence-corrected chi connectivity index (χ4v) is 1.70. The van der Waals surface area contributed by atoms with Gasteiger partial charge in [-0.2, -0.15) is 0 Å². The van der Waals surface area contributed by atoms with Crippen LogP contribution in [0.1, 0.15) is 19.4 Å². The summed E-state index contributed by atoms with van der Waals surface area (Å²) in [6.45, 7) is 5.41. The van der Waals surface area contributed by atoms with E-state index in [9.17, 15) is 4.79 Å². The van der Waals surface area contributed by atoms with Crippen molar-refractivity contribution < 1.29 is 14.3 Å². The molecule has 1 aromatic carbocycles. The number of amides is 1. The molecule has 0 aliphatic heterocycles. The van der Waals surface area contributed by atoms with E-state index < -0.39 is 6.10 Å². The predicted molar refractivity (Wildman–Crippen MR) is 82.3 cm³/mol. The first-order valence-electron chi connectivity index (χ1n) is 6.87. The van der Waals surface area contributed by atoms with Crippen molar-refractivity contribution in [3.8, 4) is 23.8 Å². The molecule has 0 spiro atoms. The number of nitrogens with one attached hydrogen (secondary N) is 2. The van der Waals surface area contributed by atoms with Crippen LogP contribution in [-0.4, -0.2) is 32.2 Å². The minimum atomic E-state index is -0.633. The van der Waals surface area contributed by atoms with Crippen LogP contribution < -0.4 is 20.1 Å². The SMILES string of the molecule is C#CCNC(=O)C(C)Oc1cc(OC)ccc1CNCC. The number of benzene rings is 1. The lowest BCUT2D eigenvalue weighted by Crippen LogP contribution is -2.36. The first kappa shape index (κ1) is 16.9. The molecule has 0 saturated heterocycles. The van der Waals surface area contributed by atoms with Gasteiger partial charge in [0.1, 0.15) is 11.5 Å². The summed E-state index contributed by atoms with van der Waals surface area (Å²) in [4.78, 5) is 11.8. The van der Waals surface area contributed by atoms with Crippen molar-refractivity contribution in [3.63, 3.8) is 0 Å². The van der Waals surface area contributed by atoms with E-state index in [-0.39, 0.29) is 12.5 Å². The normalized spacial score (nSPS) is 11.3. The minimum Gasteiger partial charge on any atom is -0.497 e. The number of hydrogen-bond donors (Lipinski definition) is 2. The maximum absolute atomic E-state index is 11.8. The Labute approximate surface area is 126 Å². The van der Waals surface area contributed by atoms with E-state index in [0.29, 0.717) is 18.0 Å². The van der Waals surface area contributed by atoms with Crippen molar-refractivity contribution in [2.24, 2.45) is 0 Å². The molecule has 1 unspecified atom stereocenters. The van der Waals surface area contributed by atoms with Gasteiger partial charge in [0.2, 0.25) is 0 Å². The lowest BCUT2D eigenvalue weighted by Gasteiger charge is -2.17. The summed E-state index contributed by atoms with van der Waals surface area (Å²) in [6, 6.07) is 5.56. The second kappa shape index (κ2) is 8.88. The Morgan fingerprint density at radius 1 is 1.48 bits per heavy atom. The Kier molecular flexibility index (Phi) is 7.13. The van der Waals surface area contributed by atoms with Crippen molar-refractivity contribution in [2.45, 2.75) is 26.5 Å². The average molecular weight is 290 g/mol. The molecule has 1 amide bonds. The molecule has 0 radical (unpaired) electrons. The Hall–Kier alpha value is -2.19. The van der Waals surface area contributed by atoms with Crippen molar-refractivity contribution in [1.82, 2.24) is 10.6 Å². The maximum Gasteiger partial charge on any atom is 0.261 e. The third-order valence-corrected chi connectivity index (χ3v) is 2.88. The van der Waals surface area contributed by atoms with Gasteiger partial charge in [0.15, 0.2) is 6.10 Å². The summed E-state index contributed by atoms with van der Waals surface area (Å²) in [5.74, 6) is 3.42. The van der Waals surface area contributed by atoms with Crippen molar-refractivity contribution in [2.75, 3.05) is 20.2 Å². The van der Waals surface area contributed by atoms with Crippen LogP contribution in [0.3, 0.4) is 0 Å². The molecular weight excluding hydrogens is 268 g/mol. The number of ether oxygens (including phenoxy) is 2. The Balaban J connectivity index is 2.83. The number of hydrogen-bond acceptors (Lipinski definition) is 4. The molecular formula is C16H22N2O3. The maximum atomic E-state index is 11.8. The molecule has 0 aromatic heterocycles. The van der Waals surface area contributed by atoms with Crippen LogP contribution in [0, 0.1) is 12.3 Å². The fourth-order valence-electron chi connectivity index (χ4n) is 1.70. The van der Waals surface area contributed by atoms with Gasteiger partial charge in [0, 0.05) is 18.2 Å². The number of rotatable bonds is 8. The van der Waals surface area contributed by atoms with Crippen LogP contribution in [0.15, 0.2) is 18.2 Å². The molecule has 114 valence electrons. The highest BCUT2D eigenvalue weighted by Gasteiger charge is 2.16. The number of terminal acetylenes is 1. The third-order valence-electron chi connectivity index (χ3n) is 2.88. The van der Waals surface area contributed by atoms with Crippen LogP contribution in [0.5, 0.6) is 11.5 Å². The molecule has 2 N–H and O–H groups in total. The topological polar surface area (TPSA) is 59.6 Å². The zero-order valence-corrected chi connectivity index (χ0v) is 12.7. The van der Waals surface area contributed by atoms with Crippen LogP contribution >= 0.6 is 0 Å². The molecule has 0 heterocycles. The van der Waals surface area contributed by atoms with Gasteiger partial charge in [-0.1, -0.05) is 18.9 Å². The summed E-state index contributed by atoms with van der Waals surface area (Å²) in [7, 11) is 1.59. The quantitative estimate of drug-likeness (QED) is 0.709. The van der Waals surface area contributed by atoms with Gasteiger partial charge in [-0.3, -0.25) is 4.79 Å². The van der Waals surface area contributed by atoms with Gasteiger partial charge in [-0.15, -0.1) is 6.42 Å². The molecule has 0 bridgehead atoms. The monoisotopic (exact) mass is 290 g/mol. The van der Waals surface area contributed by atoms with Crippen molar-refractivity contribution in [3.05, 3.63) is 23.8 Å². The standard InChI is InChI=1S/C16H22N2O3/c1-5-9-18-16(19)12(3)21-15-10-14(20-4)8-7-13(15)11-17-6-2/h1,7-8,10,12,17H,6,9,11H2,2-4H3,(H,18,19). The molecule has 0 aliphatic rings. The highest BCUT2D eigenvalue weighted by Crippen LogP contribution is 2.25. The summed E-state index contributed by atoms with van der Waals surface area (Å²) in [5, 5.41) is 5.83. The van der Waals surface area contributed by atoms with E-state index >= 15 is 0 Å². The van der Waals surface area contributed by atoms with E-state index in [1.54, 1.807) is 20.1 Å². The van der Waals surface area contributed by atoms with Crippen molar-refractivity contribution in [1.29, 1.82) is 0 Å². The lowest BCUT2D eigenvalue weighted by atomic mass is 10.2. The van der Waals surface area contributed by atoms with E-state index in [2.05, 4.69) is 16.6 Å². The highest BCUT2D eigenvalue weighted by molar-refractivity contribution is 5.81. The average Bonchev–Trinajstić information content (AvgIpc) is 2.51. The molecule has 1 atom stereocenters. The molecule has 1 aromatic rings. The molecule has 1 rings (SSSR count). The Morgan fingerprint density at radius 2 is 2.24 bits per heavy atom. The second-order valence-corrected chi connectivity index (χ2v) is 4.44. The Morgan fingerprint density at radius 3 is 2.86 bits per heavy atom. The van der Waals surface area contributed by atoms with E-state index in [0.717, 1.165) is 12.1 Å². The highest BCUT2D eigenvalue weighted by atomic mass is 16.5. The van der Waals surface area contributed by atoms with Crippen LogP contribution in [0.4, 0.5) is 0 Å². The third kappa shape index (κ3) is 5.36. The summed E-state index contributed by atoms with van der Waals surface area (Å²) in [6.07, 6.45) is 4.48. The largest absolute Gasteiger partial charge is 0.497 e. The van der Waals surface area contributed by atoms with E-state index in [4.69, 9.17) is 15.9 Å². The van der Waals surface area contributed by atoms with Gasteiger partial charge < -0.3 is 20.1 Å². The number of carbonyl (C=O) groups excluding carboxylic acids is 1. The Bertz CT molecular complexity index is 509. The van der Waals surface area contributed by atoms with E-state index in [1.807, 2.05) is 19.1 Å². The smallest absolute Gasteiger partial charge is 0.261 e. The first-order valence-corrected chi connectivity index (χ1v) is 6.87. The van der Waals surface area contributed by atoms with Gasteiger partial charge in [0.25, 0.3) is 5.91 Å². The van der Waals surface area contributed by atoms with Crippen LogP contribution in [0.2, 0.25) is 0 Å². The molecule has 5 nitrogen and oxygen atoms in total. The van der Waals surface area contributed by atoms with Crippen LogP contribution in [0.25, 0.3) is 0 Å². The molecule has 0 aliphatic carbocycles. The van der Waals surface area contributed by atoms with Gasteiger partial charge in [-0.05, 0) is 19.5 Å². The number of methoxy groups -OCH3 is 1. The van der Waals surface area contributed by atoms with E-state index in [1.165, 1.54) is 0 Å². The van der Waals surface area contributed by atoms with Gasteiger partial charge in [-0.25, -0.2) is 0 Å². The molecule has 0 saturated carbocycles. The zero-order chi connectivity index (χ0) is 15.7. The van der Waals surface area contributed by atoms with Crippen LogP contribution in [-0.2, 0) is 11.3 Å². The summed E-state index contributed by atoms with van der Waals surface area (Å²) < 4.78 is 10.9. The predicted octanol–water partition coefficient (Wildman–Crippen LogP) is 1.32. The lowest BCUT2D eigenvalue weighted by molar-refractivity contribution is -0.127. The minimum absolute atomic E-state index is 0.189. The summed E-state index contributed by atoms with van der Waals surface area (Å²) in [5.41, 5.74) is 0.967.